The third-order valence-corrected chi connectivity index (χ3v) is 5.42. The number of hydrogen-bond acceptors (Lipinski definition) is 2. The molecule has 0 heterocycles. The van der Waals surface area contributed by atoms with Crippen molar-refractivity contribution in [3.63, 3.8) is 0 Å². The zero-order valence-electron chi connectivity index (χ0n) is 13.4. The normalized spacial score (nSPS) is 11.9. The molecule has 0 spiro atoms. The molecule has 0 aliphatic carbocycles. The van der Waals surface area contributed by atoms with E-state index in [2.05, 4.69) is 24.3 Å². The van der Waals surface area contributed by atoms with Gasteiger partial charge in [0, 0.05) is 5.39 Å². The van der Waals surface area contributed by atoms with Crippen LogP contribution in [0.1, 0.15) is 11.1 Å². The van der Waals surface area contributed by atoms with Crippen molar-refractivity contribution in [3.8, 4) is 0 Å². The van der Waals surface area contributed by atoms with Gasteiger partial charge in [-0.3, -0.25) is 4.55 Å². The number of rotatable bonds is 3. The molecule has 0 radical (unpaired) electrons. The van der Waals surface area contributed by atoms with Crippen molar-refractivity contribution < 1.29 is 13.0 Å². The topological polar surface area (TPSA) is 54.4 Å². The summed E-state index contributed by atoms with van der Waals surface area (Å²) < 4.78 is 32.8. The van der Waals surface area contributed by atoms with Crippen LogP contribution in [0.15, 0.2) is 83.8 Å². The average molecular weight is 348 g/mol. The van der Waals surface area contributed by atoms with Gasteiger partial charge in [0.2, 0.25) is 0 Å². The molecule has 0 aromatic heterocycles. The molecule has 25 heavy (non-hydrogen) atoms. The lowest BCUT2D eigenvalue weighted by molar-refractivity contribution is 0.484. The largest absolute Gasteiger partial charge is 0.295 e. The fourth-order valence-corrected chi connectivity index (χ4v) is 4.08. The summed E-state index contributed by atoms with van der Waals surface area (Å²) in [6.07, 6.45) is 0.688. The summed E-state index contributed by atoms with van der Waals surface area (Å²) >= 11 is 0. The molecule has 3 nitrogen and oxygen atoms in total. The van der Waals surface area contributed by atoms with Crippen LogP contribution in [-0.2, 0) is 16.5 Å². The van der Waals surface area contributed by atoms with Crippen LogP contribution in [0.3, 0.4) is 0 Å². The molecule has 4 rings (SSSR count). The fraction of sp³-hybridized carbons (Fsp3) is 0.0476. The summed E-state index contributed by atoms with van der Waals surface area (Å²) in [4.78, 5) is -0.0511. The standard InChI is InChI=1S/C21H16O3S/c22-25(23,24)21-13-5-11-19-17(9-4-12-20(19)21)14-16-8-3-7-15-6-1-2-10-18(15)16/h1-13H,14H2,(H,22,23,24). The Bertz CT molecular complexity index is 1190. The molecule has 0 unspecified atom stereocenters. The first kappa shape index (κ1) is 15.8. The van der Waals surface area contributed by atoms with Crippen molar-refractivity contribution in [2.75, 3.05) is 0 Å². The van der Waals surface area contributed by atoms with E-state index in [1.54, 1.807) is 12.1 Å². The van der Waals surface area contributed by atoms with Gasteiger partial charge in [-0.2, -0.15) is 8.42 Å². The van der Waals surface area contributed by atoms with Gasteiger partial charge in [0.05, 0.1) is 0 Å². The van der Waals surface area contributed by atoms with Gasteiger partial charge >= 0.3 is 0 Å². The molecule has 0 bridgehead atoms. The van der Waals surface area contributed by atoms with E-state index in [9.17, 15) is 13.0 Å². The molecule has 4 heteroatoms. The second kappa shape index (κ2) is 5.99. The van der Waals surface area contributed by atoms with E-state index in [1.807, 2.05) is 36.4 Å². The van der Waals surface area contributed by atoms with E-state index >= 15 is 0 Å². The van der Waals surface area contributed by atoms with Crippen molar-refractivity contribution in [3.05, 3.63) is 90.0 Å². The van der Waals surface area contributed by atoms with Crippen molar-refractivity contribution in [1.29, 1.82) is 0 Å². The van der Waals surface area contributed by atoms with Crippen LogP contribution in [0.5, 0.6) is 0 Å². The van der Waals surface area contributed by atoms with Crippen LogP contribution in [0.2, 0.25) is 0 Å². The van der Waals surface area contributed by atoms with Crippen molar-refractivity contribution in [2.24, 2.45) is 0 Å². The molecule has 4 aromatic carbocycles. The average Bonchev–Trinajstić information content (AvgIpc) is 2.61. The van der Waals surface area contributed by atoms with Gasteiger partial charge in [-0.05, 0) is 39.8 Å². The van der Waals surface area contributed by atoms with Crippen molar-refractivity contribution in [2.45, 2.75) is 11.3 Å². The molecule has 0 saturated carbocycles. The van der Waals surface area contributed by atoms with Crippen LogP contribution in [-0.4, -0.2) is 13.0 Å². The third kappa shape index (κ3) is 2.90. The maximum Gasteiger partial charge on any atom is 0.295 e. The van der Waals surface area contributed by atoms with E-state index in [4.69, 9.17) is 0 Å². The van der Waals surface area contributed by atoms with Gasteiger partial charge in [-0.25, -0.2) is 0 Å². The Balaban J connectivity index is 1.90. The van der Waals surface area contributed by atoms with Crippen molar-refractivity contribution in [1.82, 2.24) is 0 Å². The first-order valence-electron chi connectivity index (χ1n) is 7.99. The zero-order valence-corrected chi connectivity index (χ0v) is 14.2. The Labute approximate surface area is 146 Å². The van der Waals surface area contributed by atoms with E-state index < -0.39 is 10.1 Å². The number of benzene rings is 4. The highest BCUT2D eigenvalue weighted by molar-refractivity contribution is 7.86. The highest BCUT2D eigenvalue weighted by Crippen LogP contribution is 2.29. The summed E-state index contributed by atoms with van der Waals surface area (Å²) in [5.74, 6) is 0. The zero-order chi connectivity index (χ0) is 17.4. The van der Waals surface area contributed by atoms with Gasteiger partial charge in [0.1, 0.15) is 4.90 Å². The first-order chi connectivity index (χ1) is 12.0. The molecule has 1 N–H and O–H groups in total. The first-order valence-corrected chi connectivity index (χ1v) is 9.43. The SMILES string of the molecule is O=S(=O)(O)c1cccc2c(Cc3cccc4ccccc34)cccc12. The lowest BCUT2D eigenvalue weighted by atomic mass is 9.95. The second-order valence-corrected chi connectivity index (χ2v) is 7.45. The van der Waals surface area contributed by atoms with Crippen molar-refractivity contribution >= 4 is 31.7 Å². The minimum Gasteiger partial charge on any atom is -0.282 e. The molecule has 4 aromatic rings. The maximum absolute atomic E-state index is 11.6. The van der Waals surface area contributed by atoms with E-state index in [-0.39, 0.29) is 4.90 Å². The lowest BCUT2D eigenvalue weighted by Gasteiger charge is -2.11. The molecule has 0 fully saturated rings. The summed E-state index contributed by atoms with van der Waals surface area (Å²) in [7, 11) is -4.25. The molecule has 0 saturated heterocycles. The molecular formula is C21H16O3S. The van der Waals surface area contributed by atoms with Crippen LogP contribution in [0, 0.1) is 0 Å². The van der Waals surface area contributed by atoms with Crippen LogP contribution in [0.4, 0.5) is 0 Å². The predicted molar refractivity (Wildman–Crippen MR) is 101 cm³/mol. The van der Waals surface area contributed by atoms with Gasteiger partial charge in [0.15, 0.2) is 0 Å². The maximum atomic E-state index is 11.6. The Morgan fingerprint density at radius 1 is 0.640 bits per heavy atom. The van der Waals surface area contributed by atoms with Crippen LogP contribution in [0.25, 0.3) is 21.5 Å². The Kier molecular flexibility index (Phi) is 3.79. The third-order valence-electron chi connectivity index (χ3n) is 4.51. The molecule has 124 valence electrons. The smallest absolute Gasteiger partial charge is 0.282 e. The highest BCUT2D eigenvalue weighted by atomic mass is 32.2. The molecule has 0 aliphatic heterocycles. The van der Waals surface area contributed by atoms with E-state index in [1.165, 1.54) is 22.4 Å². The molecule has 0 atom stereocenters. The molecular weight excluding hydrogens is 332 g/mol. The summed E-state index contributed by atoms with van der Waals surface area (Å²) in [5.41, 5.74) is 2.21. The van der Waals surface area contributed by atoms with Gasteiger partial charge < -0.3 is 0 Å². The predicted octanol–water partition coefficient (Wildman–Crippen LogP) is 4.83. The van der Waals surface area contributed by atoms with Gasteiger partial charge in [-0.1, -0.05) is 72.8 Å². The van der Waals surface area contributed by atoms with Gasteiger partial charge in [0.25, 0.3) is 10.1 Å². The number of fused-ring (bicyclic) bond motifs is 2. The van der Waals surface area contributed by atoms with Crippen LogP contribution < -0.4 is 0 Å². The molecule has 0 amide bonds. The fourth-order valence-electron chi connectivity index (χ4n) is 3.38. The Morgan fingerprint density at radius 2 is 1.20 bits per heavy atom. The van der Waals surface area contributed by atoms with Gasteiger partial charge in [-0.15, -0.1) is 0 Å². The number of hydrogen-bond donors (Lipinski definition) is 1. The highest BCUT2D eigenvalue weighted by Gasteiger charge is 2.15. The van der Waals surface area contributed by atoms with E-state index in [0.717, 1.165) is 10.9 Å². The summed E-state index contributed by atoms with van der Waals surface area (Å²) in [6, 6.07) is 25.0. The quantitative estimate of drug-likeness (QED) is 0.540. The summed E-state index contributed by atoms with van der Waals surface area (Å²) in [5, 5.41) is 3.75. The van der Waals surface area contributed by atoms with E-state index in [0.29, 0.717) is 11.8 Å². The van der Waals surface area contributed by atoms with Crippen LogP contribution >= 0.6 is 0 Å². The second-order valence-electron chi connectivity index (χ2n) is 6.06. The minimum absolute atomic E-state index is 0.0511. The monoisotopic (exact) mass is 348 g/mol. The summed E-state index contributed by atoms with van der Waals surface area (Å²) in [6.45, 7) is 0. The lowest BCUT2D eigenvalue weighted by Crippen LogP contribution is -2.00. The molecule has 0 aliphatic rings. The minimum atomic E-state index is -4.25. The Hall–Kier alpha value is -2.69. The Morgan fingerprint density at radius 3 is 2.00 bits per heavy atom.